The van der Waals surface area contributed by atoms with Crippen molar-refractivity contribution in [2.75, 3.05) is 0 Å². The van der Waals surface area contributed by atoms with Crippen molar-refractivity contribution in [3.8, 4) is 0 Å². The van der Waals surface area contributed by atoms with E-state index in [0.29, 0.717) is 5.92 Å². The van der Waals surface area contributed by atoms with Crippen molar-refractivity contribution in [1.29, 1.82) is 0 Å². The number of halogens is 1. The van der Waals surface area contributed by atoms with Gasteiger partial charge in [0.1, 0.15) is 5.52 Å². The highest BCUT2D eigenvalue weighted by Crippen LogP contribution is 2.40. The van der Waals surface area contributed by atoms with E-state index >= 15 is 0 Å². The van der Waals surface area contributed by atoms with Crippen molar-refractivity contribution < 1.29 is 4.42 Å². The monoisotopic (exact) mass is 251 g/mol. The summed E-state index contributed by atoms with van der Waals surface area (Å²) in [6, 6.07) is 4.07. The molecule has 1 saturated carbocycles. The minimum atomic E-state index is 0.585. The number of aromatic nitrogens is 1. The molecule has 3 heteroatoms. The Bertz CT molecular complexity index is 460. The molecule has 1 aromatic carbocycles. The third-order valence-electron chi connectivity index (χ3n) is 2.61. The highest BCUT2D eigenvalue weighted by Gasteiger charge is 2.28. The molecule has 1 aromatic heterocycles. The van der Waals surface area contributed by atoms with E-state index < -0.39 is 0 Å². The molecule has 0 aliphatic heterocycles. The fourth-order valence-corrected chi connectivity index (χ4v) is 1.90. The molecule has 14 heavy (non-hydrogen) atoms. The van der Waals surface area contributed by atoms with Crippen LogP contribution in [0.15, 0.2) is 21.0 Å². The van der Waals surface area contributed by atoms with Crippen LogP contribution in [0.25, 0.3) is 11.1 Å². The van der Waals surface area contributed by atoms with E-state index in [0.717, 1.165) is 21.5 Å². The maximum atomic E-state index is 5.69. The minimum absolute atomic E-state index is 0.585. The lowest BCUT2D eigenvalue weighted by atomic mass is 10.2. The SMILES string of the molecule is Cc1cc2nc(C3CC3)oc2cc1Br. The van der Waals surface area contributed by atoms with Gasteiger partial charge in [-0.25, -0.2) is 4.98 Å². The van der Waals surface area contributed by atoms with Crippen LogP contribution in [0.5, 0.6) is 0 Å². The van der Waals surface area contributed by atoms with Gasteiger partial charge in [0, 0.05) is 10.4 Å². The molecule has 0 radical (unpaired) electrons. The molecular formula is C11H10BrNO. The summed E-state index contributed by atoms with van der Waals surface area (Å²) >= 11 is 3.49. The number of hydrogen-bond acceptors (Lipinski definition) is 2. The predicted octanol–water partition coefficient (Wildman–Crippen LogP) is 3.78. The Labute approximate surface area is 90.4 Å². The van der Waals surface area contributed by atoms with Crippen molar-refractivity contribution in [1.82, 2.24) is 4.98 Å². The topological polar surface area (TPSA) is 26.0 Å². The molecule has 0 atom stereocenters. The van der Waals surface area contributed by atoms with Crippen molar-refractivity contribution in [2.24, 2.45) is 0 Å². The van der Waals surface area contributed by atoms with E-state index in [1.807, 2.05) is 6.07 Å². The highest BCUT2D eigenvalue weighted by atomic mass is 79.9. The largest absolute Gasteiger partial charge is 0.440 e. The summed E-state index contributed by atoms with van der Waals surface area (Å²) in [5.74, 6) is 1.50. The van der Waals surface area contributed by atoms with Gasteiger partial charge in [0.25, 0.3) is 0 Å². The Morgan fingerprint density at radius 2 is 2.21 bits per heavy atom. The van der Waals surface area contributed by atoms with Gasteiger partial charge >= 0.3 is 0 Å². The molecule has 1 aliphatic rings. The molecule has 0 amide bonds. The summed E-state index contributed by atoms with van der Waals surface area (Å²) < 4.78 is 6.77. The van der Waals surface area contributed by atoms with Crippen molar-refractivity contribution in [3.05, 3.63) is 28.1 Å². The van der Waals surface area contributed by atoms with Gasteiger partial charge in [-0.05, 0) is 37.5 Å². The standard InChI is InChI=1S/C11H10BrNO/c1-6-4-9-10(5-8(6)12)14-11(13-9)7-2-3-7/h4-5,7H,2-3H2,1H3. The predicted molar refractivity (Wildman–Crippen MR) is 58.4 cm³/mol. The Morgan fingerprint density at radius 1 is 1.43 bits per heavy atom. The summed E-state index contributed by atoms with van der Waals surface area (Å²) in [6.45, 7) is 2.06. The summed E-state index contributed by atoms with van der Waals surface area (Å²) in [4.78, 5) is 4.49. The molecule has 3 rings (SSSR count). The van der Waals surface area contributed by atoms with Crippen LogP contribution in [0.1, 0.15) is 30.2 Å². The van der Waals surface area contributed by atoms with Gasteiger partial charge in [0.15, 0.2) is 11.5 Å². The van der Waals surface area contributed by atoms with E-state index in [-0.39, 0.29) is 0 Å². The molecular weight excluding hydrogens is 242 g/mol. The first-order chi connectivity index (χ1) is 6.74. The zero-order chi connectivity index (χ0) is 9.71. The second kappa shape index (κ2) is 2.83. The van der Waals surface area contributed by atoms with Crippen LogP contribution in [-0.4, -0.2) is 4.98 Å². The Morgan fingerprint density at radius 3 is 2.93 bits per heavy atom. The van der Waals surface area contributed by atoms with Crippen LogP contribution < -0.4 is 0 Å². The molecule has 2 nitrogen and oxygen atoms in total. The minimum Gasteiger partial charge on any atom is -0.440 e. The normalized spacial score (nSPS) is 16.4. The number of fused-ring (bicyclic) bond motifs is 1. The van der Waals surface area contributed by atoms with Gasteiger partial charge in [-0.15, -0.1) is 0 Å². The van der Waals surface area contributed by atoms with Crippen molar-refractivity contribution in [3.63, 3.8) is 0 Å². The van der Waals surface area contributed by atoms with Crippen LogP contribution in [0.3, 0.4) is 0 Å². The van der Waals surface area contributed by atoms with Crippen LogP contribution in [0.2, 0.25) is 0 Å². The zero-order valence-corrected chi connectivity index (χ0v) is 9.47. The van der Waals surface area contributed by atoms with Crippen molar-refractivity contribution in [2.45, 2.75) is 25.7 Å². The van der Waals surface area contributed by atoms with E-state index in [4.69, 9.17) is 4.42 Å². The molecule has 0 N–H and O–H groups in total. The second-order valence-electron chi connectivity index (χ2n) is 3.90. The molecule has 72 valence electrons. The first-order valence-electron chi connectivity index (χ1n) is 4.80. The van der Waals surface area contributed by atoms with Crippen LogP contribution >= 0.6 is 15.9 Å². The number of oxazole rings is 1. The fourth-order valence-electron chi connectivity index (χ4n) is 1.58. The van der Waals surface area contributed by atoms with Gasteiger partial charge < -0.3 is 4.42 Å². The van der Waals surface area contributed by atoms with E-state index in [1.165, 1.54) is 18.4 Å². The van der Waals surface area contributed by atoms with E-state index in [1.54, 1.807) is 0 Å². The van der Waals surface area contributed by atoms with Crippen LogP contribution in [0.4, 0.5) is 0 Å². The van der Waals surface area contributed by atoms with Gasteiger partial charge in [-0.3, -0.25) is 0 Å². The number of nitrogens with zero attached hydrogens (tertiary/aromatic N) is 1. The molecule has 0 spiro atoms. The van der Waals surface area contributed by atoms with Gasteiger partial charge in [0.2, 0.25) is 0 Å². The number of benzene rings is 1. The lowest BCUT2D eigenvalue weighted by Gasteiger charge is -1.94. The van der Waals surface area contributed by atoms with Crippen molar-refractivity contribution >= 4 is 27.0 Å². The lowest BCUT2D eigenvalue weighted by Crippen LogP contribution is -1.77. The third kappa shape index (κ3) is 1.27. The van der Waals surface area contributed by atoms with Crippen LogP contribution in [-0.2, 0) is 0 Å². The molecule has 1 aliphatic carbocycles. The molecule has 2 aromatic rings. The molecule has 0 unspecified atom stereocenters. The second-order valence-corrected chi connectivity index (χ2v) is 4.75. The number of hydrogen-bond donors (Lipinski definition) is 0. The highest BCUT2D eigenvalue weighted by molar-refractivity contribution is 9.10. The van der Waals surface area contributed by atoms with Gasteiger partial charge in [-0.1, -0.05) is 15.9 Å². The van der Waals surface area contributed by atoms with E-state index in [9.17, 15) is 0 Å². The average molecular weight is 252 g/mol. The maximum Gasteiger partial charge on any atom is 0.198 e. The summed E-state index contributed by atoms with van der Waals surface area (Å²) in [5, 5.41) is 0. The Balaban J connectivity index is 2.22. The smallest absolute Gasteiger partial charge is 0.198 e. The fraction of sp³-hybridized carbons (Fsp3) is 0.364. The summed E-state index contributed by atoms with van der Waals surface area (Å²) in [6.07, 6.45) is 2.46. The first-order valence-corrected chi connectivity index (χ1v) is 5.60. The lowest BCUT2D eigenvalue weighted by molar-refractivity contribution is 0.533. The average Bonchev–Trinajstić information content (AvgIpc) is 2.90. The zero-order valence-electron chi connectivity index (χ0n) is 7.88. The maximum absolute atomic E-state index is 5.69. The Hall–Kier alpha value is -0.830. The number of rotatable bonds is 1. The first kappa shape index (κ1) is 8.48. The van der Waals surface area contributed by atoms with Crippen LogP contribution in [0, 0.1) is 6.92 Å². The quantitative estimate of drug-likeness (QED) is 0.771. The van der Waals surface area contributed by atoms with E-state index in [2.05, 4.69) is 33.9 Å². The number of aryl methyl sites for hydroxylation is 1. The van der Waals surface area contributed by atoms with Gasteiger partial charge in [0.05, 0.1) is 0 Å². The molecule has 0 bridgehead atoms. The van der Waals surface area contributed by atoms with Gasteiger partial charge in [-0.2, -0.15) is 0 Å². The Kier molecular flexibility index (Phi) is 1.71. The third-order valence-corrected chi connectivity index (χ3v) is 3.47. The molecule has 0 saturated heterocycles. The summed E-state index contributed by atoms with van der Waals surface area (Å²) in [7, 11) is 0. The molecule has 1 heterocycles. The summed E-state index contributed by atoms with van der Waals surface area (Å²) in [5.41, 5.74) is 3.07. The molecule has 1 fully saturated rings.